The monoisotopic (exact) mass is 220 g/mol. The van der Waals surface area contributed by atoms with E-state index in [1.54, 1.807) is 0 Å². The van der Waals surface area contributed by atoms with E-state index in [2.05, 4.69) is 6.08 Å². The number of hydrogen-bond acceptors (Lipinski definition) is 1. The Morgan fingerprint density at radius 3 is 2.06 bits per heavy atom. The highest BCUT2D eigenvalue weighted by Gasteiger charge is 2.28. The van der Waals surface area contributed by atoms with E-state index in [-0.39, 0.29) is 0 Å². The SMILES string of the molecule is O=C1C=CC2CCCCCCCCCCC12. The van der Waals surface area contributed by atoms with Gasteiger partial charge in [-0.15, -0.1) is 0 Å². The third-order valence-electron chi connectivity index (χ3n) is 4.19. The minimum atomic E-state index is 0.347. The van der Waals surface area contributed by atoms with Crippen LogP contribution < -0.4 is 0 Å². The van der Waals surface area contributed by atoms with Crippen LogP contribution in [0.3, 0.4) is 0 Å². The smallest absolute Gasteiger partial charge is 0.159 e. The maximum absolute atomic E-state index is 11.7. The van der Waals surface area contributed by atoms with E-state index in [1.165, 1.54) is 57.8 Å². The molecule has 1 fully saturated rings. The molecule has 1 nitrogen and oxygen atoms in total. The van der Waals surface area contributed by atoms with Gasteiger partial charge in [-0.05, 0) is 24.8 Å². The number of hydrogen-bond donors (Lipinski definition) is 0. The van der Waals surface area contributed by atoms with Crippen LogP contribution in [0, 0.1) is 11.8 Å². The average Bonchev–Trinajstić information content (AvgIpc) is 2.60. The summed E-state index contributed by atoms with van der Waals surface area (Å²) in [6.45, 7) is 0. The first kappa shape index (κ1) is 11.9. The number of fused-ring (bicyclic) bond motifs is 1. The molecule has 0 aromatic carbocycles. The first-order valence-corrected chi connectivity index (χ1v) is 7.10. The van der Waals surface area contributed by atoms with Crippen molar-refractivity contribution < 1.29 is 4.79 Å². The quantitative estimate of drug-likeness (QED) is 0.595. The summed E-state index contributed by atoms with van der Waals surface area (Å²) in [6.07, 6.45) is 17.3. The van der Waals surface area contributed by atoms with Gasteiger partial charge in [0.1, 0.15) is 0 Å². The summed E-state index contributed by atoms with van der Waals surface area (Å²) in [5.41, 5.74) is 0. The molecule has 0 radical (unpaired) electrons. The van der Waals surface area contributed by atoms with Gasteiger partial charge in [0.25, 0.3) is 0 Å². The lowest BCUT2D eigenvalue weighted by Gasteiger charge is -2.18. The lowest BCUT2D eigenvalue weighted by molar-refractivity contribution is -0.118. The first-order chi connectivity index (χ1) is 7.88. The fourth-order valence-electron chi connectivity index (χ4n) is 3.15. The molecule has 1 saturated carbocycles. The summed E-state index contributed by atoms with van der Waals surface area (Å²) in [4.78, 5) is 11.7. The van der Waals surface area contributed by atoms with Gasteiger partial charge in [0.05, 0.1) is 0 Å². The lowest BCUT2D eigenvalue weighted by Crippen LogP contribution is -2.16. The number of allylic oxidation sites excluding steroid dienone is 2. The molecule has 0 aliphatic heterocycles. The van der Waals surface area contributed by atoms with Crippen molar-refractivity contribution in [1.29, 1.82) is 0 Å². The van der Waals surface area contributed by atoms with Gasteiger partial charge >= 0.3 is 0 Å². The average molecular weight is 220 g/mol. The van der Waals surface area contributed by atoms with Gasteiger partial charge in [0, 0.05) is 5.92 Å². The van der Waals surface area contributed by atoms with Crippen molar-refractivity contribution in [3.63, 3.8) is 0 Å². The molecule has 0 saturated heterocycles. The Labute approximate surface area is 99.3 Å². The standard InChI is InChI=1S/C15H24O/c16-15-12-11-13-9-7-5-3-1-2-4-6-8-10-14(13)15/h11-14H,1-10H2. The summed E-state index contributed by atoms with van der Waals surface area (Å²) in [5.74, 6) is 1.33. The molecule has 16 heavy (non-hydrogen) atoms. The van der Waals surface area contributed by atoms with Crippen molar-refractivity contribution >= 4 is 5.78 Å². The van der Waals surface area contributed by atoms with Crippen LogP contribution in [-0.4, -0.2) is 5.78 Å². The molecule has 0 bridgehead atoms. The lowest BCUT2D eigenvalue weighted by atomic mass is 9.85. The Kier molecular flexibility index (Phi) is 4.62. The molecule has 2 aliphatic rings. The molecule has 0 spiro atoms. The molecule has 2 rings (SSSR count). The van der Waals surface area contributed by atoms with Crippen LogP contribution in [0.5, 0.6) is 0 Å². The van der Waals surface area contributed by atoms with Crippen LogP contribution in [0.25, 0.3) is 0 Å². The Bertz CT molecular complexity index is 254. The van der Waals surface area contributed by atoms with E-state index in [9.17, 15) is 4.79 Å². The highest BCUT2D eigenvalue weighted by Crippen LogP contribution is 2.32. The molecule has 0 heterocycles. The minimum absolute atomic E-state index is 0.347. The molecule has 90 valence electrons. The van der Waals surface area contributed by atoms with Crippen molar-refractivity contribution in [2.24, 2.45) is 11.8 Å². The first-order valence-electron chi connectivity index (χ1n) is 7.10. The molecule has 0 N–H and O–H groups in total. The van der Waals surface area contributed by atoms with Gasteiger partial charge < -0.3 is 0 Å². The van der Waals surface area contributed by atoms with Gasteiger partial charge in [-0.25, -0.2) is 0 Å². The Hall–Kier alpha value is -0.590. The van der Waals surface area contributed by atoms with E-state index < -0.39 is 0 Å². The number of carbonyl (C=O) groups excluding carboxylic acids is 1. The number of ketones is 1. The predicted octanol–water partition coefficient (Wildman–Crippen LogP) is 4.27. The molecule has 2 unspecified atom stereocenters. The number of carbonyl (C=O) groups is 1. The molecule has 0 aromatic heterocycles. The molecular weight excluding hydrogens is 196 g/mol. The van der Waals surface area contributed by atoms with E-state index in [4.69, 9.17) is 0 Å². The molecule has 2 atom stereocenters. The molecule has 1 heteroatoms. The van der Waals surface area contributed by atoms with Crippen molar-refractivity contribution in [2.45, 2.75) is 64.2 Å². The molecular formula is C15H24O. The highest BCUT2D eigenvalue weighted by molar-refractivity contribution is 5.94. The van der Waals surface area contributed by atoms with Crippen LogP contribution >= 0.6 is 0 Å². The number of rotatable bonds is 0. The van der Waals surface area contributed by atoms with Gasteiger partial charge in [0.15, 0.2) is 5.78 Å². The second kappa shape index (κ2) is 6.22. The largest absolute Gasteiger partial charge is 0.295 e. The molecule has 0 aromatic rings. The zero-order valence-corrected chi connectivity index (χ0v) is 10.3. The van der Waals surface area contributed by atoms with E-state index >= 15 is 0 Å². The third kappa shape index (κ3) is 3.20. The predicted molar refractivity (Wildman–Crippen MR) is 67.3 cm³/mol. The normalized spacial score (nSPS) is 32.9. The van der Waals surface area contributed by atoms with Gasteiger partial charge in [-0.1, -0.05) is 57.4 Å². The van der Waals surface area contributed by atoms with Crippen LogP contribution in [0.4, 0.5) is 0 Å². The summed E-state index contributed by atoms with van der Waals surface area (Å²) in [6, 6.07) is 0. The van der Waals surface area contributed by atoms with E-state index in [0.29, 0.717) is 17.6 Å². The fraction of sp³-hybridized carbons (Fsp3) is 0.800. The Morgan fingerprint density at radius 2 is 1.38 bits per heavy atom. The van der Waals surface area contributed by atoms with Gasteiger partial charge in [-0.3, -0.25) is 4.79 Å². The van der Waals surface area contributed by atoms with Crippen molar-refractivity contribution in [3.05, 3.63) is 12.2 Å². The molecule has 2 aliphatic carbocycles. The van der Waals surface area contributed by atoms with E-state index in [1.807, 2.05) is 6.08 Å². The van der Waals surface area contributed by atoms with Crippen LogP contribution in [-0.2, 0) is 4.79 Å². The third-order valence-corrected chi connectivity index (χ3v) is 4.19. The zero-order valence-electron chi connectivity index (χ0n) is 10.3. The topological polar surface area (TPSA) is 17.1 Å². The Balaban J connectivity index is 1.87. The summed E-state index contributed by atoms with van der Waals surface area (Å²) < 4.78 is 0. The molecule has 0 amide bonds. The summed E-state index contributed by atoms with van der Waals surface area (Å²) >= 11 is 0. The van der Waals surface area contributed by atoms with Gasteiger partial charge in [0.2, 0.25) is 0 Å². The maximum atomic E-state index is 11.7. The highest BCUT2D eigenvalue weighted by atomic mass is 16.1. The Morgan fingerprint density at radius 1 is 0.812 bits per heavy atom. The fourth-order valence-corrected chi connectivity index (χ4v) is 3.15. The van der Waals surface area contributed by atoms with Crippen molar-refractivity contribution in [3.8, 4) is 0 Å². The van der Waals surface area contributed by atoms with Gasteiger partial charge in [-0.2, -0.15) is 0 Å². The van der Waals surface area contributed by atoms with Crippen LogP contribution in [0.15, 0.2) is 12.2 Å². The van der Waals surface area contributed by atoms with Crippen LogP contribution in [0.2, 0.25) is 0 Å². The van der Waals surface area contributed by atoms with Crippen molar-refractivity contribution in [1.82, 2.24) is 0 Å². The second-order valence-corrected chi connectivity index (χ2v) is 5.44. The second-order valence-electron chi connectivity index (χ2n) is 5.44. The van der Waals surface area contributed by atoms with Crippen LogP contribution in [0.1, 0.15) is 64.2 Å². The summed E-state index contributed by atoms with van der Waals surface area (Å²) in [5, 5.41) is 0. The van der Waals surface area contributed by atoms with Crippen molar-refractivity contribution in [2.75, 3.05) is 0 Å². The minimum Gasteiger partial charge on any atom is -0.295 e. The van der Waals surface area contributed by atoms with E-state index in [0.717, 1.165) is 6.42 Å². The summed E-state index contributed by atoms with van der Waals surface area (Å²) in [7, 11) is 0. The zero-order chi connectivity index (χ0) is 11.2. The maximum Gasteiger partial charge on any atom is 0.159 e.